The Labute approximate surface area is 144 Å². The lowest BCUT2D eigenvalue weighted by Gasteiger charge is -2.27. The Morgan fingerprint density at radius 2 is 2.04 bits per heavy atom. The molecule has 1 amide bonds. The summed E-state index contributed by atoms with van der Waals surface area (Å²) < 4.78 is 18.8. The number of hydrogen-bond acceptors (Lipinski definition) is 3. The van der Waals surface area contributed by atoms with E-state index in [4.69, 9.17) is 4.74 Å². The number of fused-ring (bicyclic) bond motifs is 2. The molecule has 0 fully saturated rings. The van der Waals surface area contributed by atoms with Gasteiger partial charge in [-0.15, -0.1) is 0 Å². The highest BCUT2D eigenvalue weighted by Crippen LogP contribution is 2.30. The van der Waals surface area contributed by atoms with Crippen molar-refractivity contribution in [3.63, 3.8) is 0 Å². The average Bonchev–Trinajstić information content (AvgIpc) is 2.54. The fraction of sp³-hybridized carbons (Fsp3) is 0.200. The van der Waals surface area contributed by atoms with E-state index in [1.165, 1.54) is 12.1 Å². The van der Waals surface area contributed by atoms with E-state index in [2.05, 4.69) is 17.1 Å². The lowest BCUT2D eigenvalue weighted by Crippen LogP contribution is -2.36. The minimum atomic E-state index is -0.464. The second kappa shape index (κ2) is 5.84. The number of aryl methyl sites for hydroxylation is 2. The highest BCUT2D eigenvalue weighted by atomic mass is 19.1. The van der Waals surface area contributed by atoms with Crippen molar-refractivity contribution in [3.05, 3.63) is 70.5 Å². The van der Waals surface area contributed by atoms with E-state index in [0.717, 1.165) is 33.2 Å². The van der Waals surface area contributed by atoms with E-state index in [9.17, 15) is 9.18 Å². The Morgan fingerprint density at radius 1 is 1.20 bits per heavy atom. The minimum absolute atomic E-state index is 0.293. The molecule has 126 valence electrons. The zero-order valence-electron chi connectivity index (χ0n) is 14.0. The van der Waals surface area contributed by atoms with Crippen LogP contribution in [0.3, 0.4) is 0 Å². The molecule has 4 rings (SSSR count). The van der Waals surface area contributed by atoms with Crippen LogP contribution in [-0.2, 0) is 13.1 Å². The monoisotopic (exact) mass is 336 g/mol. The molecule has 0 unspecified atom stereocenters. The van der Waals surface area contributed by atoms with E-state index in [0.29, 0.717) is 19.0 Å². The number of benzene rings is 2. The Hall–Kier alpha value is -2.95. The lowest BCUT2D eigenvalue weighted by molar-refractivity contribution is 0.133. The minimum Gasteiger partial charge on any atom is -0.391 e. The number of hydrogen-bond donors (Lipinski definition) is 0. The van der Waals surface area contributed by atoms with E-state index >= 15 is 0 Å². The Balaban J connectivity index is 1.69. The molecule has 0 N–H and O–H groups in total. The SMILES string of the molecule is Cc1cc(C)c2nc3c(cc2c1)CN(Cc1cccc(F)c1)C(=O)O3. The topological polar surface area (TPSA) is 42.4 Å². The molecule has 5 heteroatoms. The van der Waals surface area contributed by atoms with Gasteiger partial charge in [0.25, 0.3) is 0 Å². The molecule has 0 radical (unpaired) electrons. The van der Waals surface area contributed by atoms with Gasteiger partial charge in [0, 0.05) is 17.5 Å². The standard InChI is InChI=1S/C20H17FN2O2/c1-12-6-13(2)18-15(7-12)9-16-11-23(20(24)25-19(16)22-18)10-14-4-3-5-17(21)8-14/h3-9H,10-11H2,1-2H3. The third-order valence-corrected chi connectivity index (χ3v) is 4.36. The van der Waals surface area contributed by atoms with Crippen LogP contribution in [0.4, 0.5) is 9.18 Å². The van der Waals surface area contributed by atoms with E-state index in [1.807, 2.05) is 19.9 Å². The van der Waals surface area contributed by atoms with Gasteiger partial charge in [-0.25, -0.2) is 14.2 Å². The van der Waals surface area contributed by atoms with Gasteiger partial charge in [0.15, 0.2) is 0 Å². The number of rotatable bonds is 2. The number of pyridine rings is 1. The van der Waals surface area contributed by atoms with Gasteiger partial charge in [0.2, 0.25) is 5.88 Å². The van der Waals surface area contributed by atoms with Crippen molar-refractivity contribution < 1.29 is 13.9 Å². The molecule has 0 spiro atoms. The van der Waals surface area contributed by atoms with Gasteiger partial charge in [-0.1, -0.05) is 23.8 Å². The smallest absolute Gasteiger partial charge is 0.391 e. The molecule has 1 aromatic heterocycles. The van der Waals surface area contributed by atoms with Crippen molar-refractivity contribution in [3.8, 4) is 5.88 Å². The van der Waals surface area contributed by atoms with Crippen LogP contribution < -0.4 is 4.74 Å². The molecule has 2 aromatic carbocycles. The predicted molar refractivity (Wildman–Crippen MR) is 92.9 cm³/mol. The number of aromatic nitrogens is 1. The zero-order valence-corrected chi connectivity index (χ0v) is 14.0. The summed E-state index contributed by atoms with van der Waals surface area (Å²) in [6.45, 7) is 4.72. The highest BCUT2D eigenvalue weighted by molar-refractivity contribution is 5.85. The second-order valence-corrected chi connectivity index (χ2v) is 6.46. The van der Waals surface area contributed by atoms with Crippen molar-refractivity contribution >= 4 is 17.0 Å². The summed E-state index contributed by atoms with van der Waals surface area (Å²) in [4.78, 5) is 18.4. The van der Waals surface area contributed by atoms with Crippen LogP contribution in [0.5, 0.6) is 5.88 Å². The molecular formula is C20H17FN2O2. The van der Waals surface area contributed by atoms with Crippen LogP contribution >= 0.6 is 0 Å². The van der Waals surface area contributed by atoms with Crippen molar-refractivity contribution in [2.24, 2.45) is 0 Å². The van der Waals surface area contributed by atoms with Crippen molar-refractivity contribution in [2.75, 3.05) is 0 Å². The molecular weight excluding hydrogens is 319 g/mol. The summed E-state index contributed by atoms with van der Waals surface area (Å²) in [6, 6.07) is 12.4. The van der Waals surface area contributed by atoms with E-state index in [-0.39, 0.29) is 5.82 Å². The van der Waals surface area contributed by atoms with Crippen molar-refractivity contribution in [2.45, 2.75) is 26.9 Å². The first kappa shape index (κ1) is 15.6. The van der Waals surface area contributed by atoms with Gasteiger partial charge in [-0.2, -0.15) is 0 Å². The number of halogens is 1. The molecule has 0 saturated carbocycles. The van der Waals surface area contributed by atoms with Crippen LogP contribution in [0.2, 0.25) is 0 Å². The third kappa shape index (κ3) is 2.93. The van der Waals surface area contributed by atoms with Crippen LogP contribution in [0.1, 0.15) is 22.3 Å². The van der Waals surface area contributed by atoms with Crippen molar-refractivity contribution in [1.82, 2.24) is 9.88 Å². The Bertz CT molecular complexity index is 1000. The summed E-state index contributed by atoms with van der Waals surface area (Å²) in [5.74, 6) is 0.0434. The number of carbonyl (C=O) groups excluding carboxylic acids is 1. The molecule has 0 bridgehead atoms. The molecule has 2 heterocycles. The van der Waals surface area contributed by atoms with Gasteiger partial charge in [-0.3, -0.25) is 4.90 Å². The summed E-state index contributed by atoms with van der Waals surface area (Å²) >= 11 is 0. The number of nitrogens with zero attached hydrogens (tertiary/aromatic N) is 2. The van der Waals surface area contributed by atoms with Crippen molar-refractivity contribution in [1.29, 1.82) is 0 Å². The fourth-order valence-corrected chi connectivity index (χ4v) is 3.27. The summed E-state index contributed by atoms with van der Waals surface area (Å²) in [6.07, 6.45) is -0.464. The molecule has 4 nitrogen and oxygen atoms in total. The molecule has 1 aliphatic heterocycles. The third-order valence-electron chi connectivity index (χ3n) is 4.36. The quantitative estimate of drug-likeness (QED) is 0.692. The normalized spacial score (nSPS) is 13.7. The first-order chi connectivity index (χ1) is 12.0. The number of amides is 1. The van der Waals surface area contributed by atoms with Gasteiger partial charge >= 0.3 is 6.09 Å². The maximum atomic E-state index is 13.4. The molecule has 0 atom stereocenters. The number of ether oxygens (including phenoxy) is 1. The van der Waals surface area contributed by atoms with Crippen LogP contribution in [-0.4, -0.2) is 16.0 Å². The second-order valence-electron chi connectivity index (χ2n) is 6.46. The highest BCUT2D eigenvalue weighted by Gasteiger charge is 2.27. The first-order valence-corrected chi connectivity index (χ1v) is 8.12. The van der Waals surface area contributed by atoms with Crippen LogP contribution in [0.25, 0.3) is 10.9 Å². The summed E-state index contributed by atoms with van der Waals surface area (Å²) in [5, 5.41) is 1.03. The molecule has 1 aliphatic rings. The van der Waals surface area contributed by atoms with Crippen LogP contribution in [0.15, 0.2) is 42.5 Å². The largest absolute Gasteiger partial charge is 0.417 e. The van der Waals surface area contributed by atoms with Gasteiger partial charge in [0.1, 0.15) is 5.82 Å². The van der Waals surface area contributed by atoms with Gasteiger partial charge in [-0.05, 0) is 49.2 Å². The molecule has 0 aliphatic carbocycles. The molecule has 0 saturated heterocycles. The zero-order chi connectivity index (χ0) is 17.6. The maximum Gasteiger partial charge on any atom is 0.417 e. The fourth-order valence-electron chi connectivity index (χ4n) is 3.27. The summed E-state index contributed by atoms with van der Waals surface area (Å²) in [5.41, 5.74) is 4.64. The molecule has 3 aromatic rings. The predicted octanol–water partition coefficient (Wildman–Crippen LogP) is 4.51. The average molecular weight is 336 g/mol. The Morgan fingerprint density at radius 3 is 2.84 bits per heavy atom. The maximum absolute atomic E-state index is 13.4. The van der Waals surface area contributed by atoms with E-state index in [1.54, 1.807) is 17.0 Å². The Kier molecular flexibility index (Phi) is 3.64. The summed E-state index contributed by atoms with van der Waals surface area (Å²) in [7, 11) is 0. The number of carbonyl (C=O) groups is 1. The first-order valence-electron chi connectivity index (χ1n) is 8.12. The van der Waals surface area contributed by atoms with Gasteiger partial charge in [0.05, 0.1) is 12.1 Å². The van der Waals surface area contributed by atoms with Crippen LogP contribution in [0, 0.1) is 19.7 Å². The van der Waals surface area contributed by atoms with E-state index < -0.39 is 6.09 Å². The lowest BCUT2D eigenvalue weighted by atomic mass is 10.0. The van der Waals surface area contributed by atoms with Gasteiger partial charge < -0.3 is 4.74 Å². The molecule has 25 heavy (non-hydrogen) atoms.